The van der Waals surface area contributed by atoms with Crippen LogP contribution in [0.25, 0.3) is 11.0 Å². The Hall–Kier alpha value is -1.43. The summed E-state index contributed by atoms with van der Waals surface area (Å²) in [4.78, 5) is 8.59. The Balaban J connectivity index is 2.37. The van der Waals surface area contributed by atoms with Crippen LogP contribution in [0.2, 0.25) is 0 Å². The van der Waals surface area contributed by atoms with Crippen molar-refractivity contribution in [3.05, 3.63) is 17.6 Å². The minimum atomic E-state index is -0.746. The van der Waals surface area contributed by atoms with Crippen LogP contribution in [0.5, 0.6) is 0 Å². The fourth-order valence-electron chi connectivity index (χ4n) is 2.06. The summed E-state index contributed by atoms with van der Waals surface area (Å²) in [6.45, 7) is 4.78. The van der Waals surface area contributed by atoms with Gasteiger partial charge in [-0.25, -0.2) is 9.97 Å². The average molecular weight is 266 g/mol. The van der Waals surface area contributed by atoms with Gasteiger partial charge in [-0.15, -0.1) is 0 Å². The number of nitrogen functional groups attached to an aromatic ring is 1. The molecule has 2 aromatic heterocycles. The number of imidazole rings is 1. The van der Waals surface area contributed by atoms with Gasteiger partial charge in [0.05, 0.1) is 11.8 Å². The first-order valence-corrected chi connectivity index (χ1v) is 7.61. The molecule has 0 aliphatic heterocycles. The summed E-state index contributed by atoms with van der Waals surface area (Å²) in [6, 6.07) is 0. The van der Waals surface area contributed by atoms with Crippen molar-refractivity contribution in [2.45, 2.75) is 26.8 Å². The first-order valence-electron chi connectivity index (χ1n) is 5.88. The Morgan fingerprint density at radius 2 is 2.17 bits per heavy atom. The van der Waals surface area contributed by atoms with E-state index in [1.807, 2.05) is 13.8 Å². The Morgan fingerprint density at radius 3 is 2.83 bits per heavy atom. The largest absolute Gasteiger partial charge is 0.382 e. The van der Waals surface area contributed by atoms with Crippen molar-refractivity contribution in [2.24, 2.45) is 0 Å². The summed E-state index contributed by atoms with van der Waals surface area (Å²) in [5, 5.41) is 0. The molecule has 2 rings (SSSR count). The van der Waals surface area contributed by atoms with Crippen LogP contribution in [0.1, 0.15) is 17.7 Å². The second-order valence-corrected chi connectivity index (χ2v) is 6.03. The Labute approximate surface area is 109 Å². The smallest absolute Gasteiger partial charge is 0.151 e. The van der Waals surface area contributed by atoms with Gasteiger partial charge < -0.3 is 10.3 Å². The molecule has 6 heteroatoms. The van der Waals surface area contributed by atoms with Crippen molar-refractivity contribution in [3.8, 4) is 0 Å². The molecule has 98 valence electrons. The van der Waals surface area contributed by atoms with Gasteiger partial charge in [-0.3, -0.25) is 4.21 Å². The molecule has 18 heavy (non-hydrogen) atoms. The summed E-state index contributed by atoms with van der Waals surface area (Å²) in [5.74, 6) is 1.18. The summed E-state index contributed by atoms with van der Waals surface area (Å²) in [6.07, 6.45) is 4.38. The van der Waals surface area contributed by atoms with Crippen molar-refractivity contribution in [1.82, 2.24) is 14.5 Å². The maximum absolute atomic E-state index is 11.1. The molecular weight excluding hydrogens is 248 g/mol. The molecule has 1 atom stereocenters. The van der Waals surface area contributed by atoms with Gasteiger partial charge in [0.25, 0.3) is 0 Å². The van der Waals surface area contributed by atoms with E-state index in [4.69, 9.17) is 5.73 Å². The molecule has 2 N–H and O–H groups in total. The van der Waals surface area contributed by atoms with Gasteiger partial charge in [0.2, 0.25) is 0 Å². The Bertz CT molecular complexity index is 606. The van der Waals surface area contributed by atoms with E-state index >= 15 is 0 Å². The van der Waals surface area contributed by atoms with E-state index in [0.717, 1.165) is 35.3 Å². The number of nitrogens with zero attached hydrogens (tertiary/aromatic N) is 3. The minimum absolute atomic E-state index is 0.478. The molecule has 0 saturated heterocycles. The van der Waals surface area contributed by atoms with Crippen molar-refractivity contribution >= 4 is 27.7 Å². The lowest BCUT2D eigenvalue weighted by atomic mass is 10.2. The second kappa shape index (κ2) is 5.06. The van der Waals surface area contributed by atoms with Gasteiger partial charge in [-0.2, -0.15) is 0 Å². The molecule has 2 heterocycles. The van der Waals surface area contributed by atoms with E-state index in [-0.39, 0.29) is 0 Å². The highest BCUT2D eigenvalue weighted by Gasteiger charge is 2.12. The van der Waals surface area contributed by atoms with Gasteiger partial charge in [0.1, 0.15) is 5.52 Å². The van der Waals surface area contributed by atoms with Crippen molar-refractivity contribution in [1.29, 1.82) is 0 Å². The van der Waals surface area contributed by atoms with Crippen molar-refractivity contribution < 1.29 is 4.21 Å². The van der Waals surface area contributed by atoms with E-state index in [2.05, 4.69) is 14.5 Å². The topological polar surface area (TPSA) is 73.8 Å². The summed E-state index contributed by atoms with van der Waals surface area (Å²) < 4.78 is 13.1. The van der Waals surface area contributed by atoms with Crippen LogP contribution in [-0.4, -0.2) is 30.8 Å². The highest BCUT2D eigenvalue weighted by molar-refractivity contribution is 7.84. The molecule has 0 aliphatic carbocycles. The summed E-state index contributed by atoms with van der Waals surface area (Å²) >= 11 is 0. The highest BCUT2D eigenvalue weighted by atomic mass is 32.2. The van der Waals surface area contributed by atoms with E-state index in [0.29, 0.717) is 11.6 Å². The molecule has 2 aromatic rings. The number of pyridine rings is 1. The van der Waals surface area contributed by atoms with E-state index in [9.17, 15) is 4.21 Å². The third-order valence-electron chi connectivity index (χ3n) is 3.10. The zero-order chi connectivity index (χ0) is 13.3. The highest BCUT2D eigenvalue weighted by Crippen LogP contribution is 2.23. The number of anilines is 1. The Morgan fingerprint density at radius 1 is 1.44 bits per heavy atom. The van der Waals surface area contributed by atoms with E-state index < -0.39 is 10.8 Å². The summed E-state index contributed by atoms with van der Waals surface area (Å²) in [7, 11) is -0.746. The second-order valence-electron chi connectivity index (χ2n) is 4.47. The molecule has 0 fully saturated rings. The van der Waals surface area contributed by atoms with Crippen LogP contribution in [-0.2, 0) is 17.3 Å². The molecule has 0 bridgehead atoms. The molecule has 0 radical (unpaired) electrons. The molecule has 0 spiro atoms. The number of hydrogen-bond donors (Lipinski definition) is 1. The monoisotopic (exact) mass is 266 g/mol. The third kappa shape index (κ3) is 2.38. The lowest BCUT2D eigenvalue weighted by molar-refractivity contribution is 0.668. The summed E-state index contributed by atoms with van der Waals surface area (Å²) in [5.41, 5.74) is 9.72. The van der Waals surface area contributed by atoms with Crippen LogP contribution in [0, 0.1) is 13.8 Å². The Kier molecular flexibility index (Phi) is 3.65. The van der Waals surface area contributed by atoms with Crippen LogP contribution in [0.4, 0.5) is 5.82 Å². The predicted octanol–water partition coefficient (Wildman–Crippen LogP) is 1.40. The molecular formula is C12H18N4OS. The van der Waals surface area contributed by atoms with Gasteiger partial charge in [0, 0.05) is 35.0 Å². The fraction of sp³-hybridized carbons (Fsp3) is 0.500. The van der Waals surface area contributed by atoms with Crippen LogP contribution in [0.3, 0.4) is 0 Å². The van der Waals surface area contributed by atoms with E-state index in [1.165, 1.54) is 0 Å². The average Bonchev–Trinajstić information content (AvgIpc) is 2.70. The quantitative estimate of drug-likeness (QED) is 0.907. The first-order chi connectivity index (χ1) is 8.50. The maximum atomic E-state index is 11.1. The van der Waals surface area contributed by atoms with Crippen LogP contribution in [0.15, 0.2) is 6.33 Å². The number of aryl methyl sites for hydroxylation is 3. The molecule has 5 nitrogen and oxygen atoms in total. The van der Waals surface area contributed by atoms with Crippen molar-refractivity contribution in [2.75, 3.05) is 17.7 Å². The molecule has 0 saturated carbocycles. The first kappa shape index (κ1) is 13.0. The van der Waals surface area contributed by atoms with Crippen molar-refractivity contribution in [3.63, 3.8) is 0 Å². The zero-order valence-corrected chi connectivity index (χ0v) is 11.8. The van der Waals surface area contributed by atoms with Crippen LogP contribution < -0.4 is 5.73 Å². The van der Waals surface area contributed by atoms with E-state index in [1.54, 1.807) is 12.6 Å². The number of aromatic nitrogens is 3. The number of nitrogens with two attached hydrogens (primary N) is 1. The number of hydrogen-bond acceptors (Lipinski definition) is 4. The zero-order valence-electron chi connectivity index (χ0n) is 10.9. The molecule has 0 aromatic carbocycles. The van der Waals surface area contributed by atoms with Gasteiger partial charge in [-0.1, -0.05) is 0 Å². The number of rotatable bonds is 4. The van der Waals surface area contributed by atoms with Gasteiger partial charge in [0.15, 0.2) is 5.82 Å². The number of fused-ring (bicyclic) bond motifs is 1. The lowest BCUT2D eigenvalue weighted by Gasteiger charge is -2.08. The minimum Gasteiger partial charge on any atom is -0.382 e. The maximum Gasteiger partial charge on any atom is 0.151 e. The predicted molar refractivity (Wildman–Crippen MR) is 75.0 cm³/mol. The van der Waals surface area contributed by atoms with Gasteiger partial charge in [-0.05, 0) is 25.8 Å². The fourth-order valence-corrected chi connectivity index (χ4v) is 2.59. The lowest BCUT2D eigenvalue weighted by Crippen LogP contribution is -2.04. The van der Waals surface area contributed by atoms with Gasteiger partial charge >= 0.3 is 0 Å². The molecule has 1 unspecified atom stereocenters. The SMILES string of the molecule is Cc1nc(N)c2ncn(CCCS(C)=O)c2c1C. The molecule has 0 aliphatic rings. The van der Waals surface area contributed by atoms with Crippen LogP contribution >= 0.6 is 0 Å². The normalized spacial score (nSPS) is 13.1. The molecule has 0 amide bonds. The standard InChI is InChI=1S/C12H18N4OS/c1-8-9(2)15-12(13)10-11(8)16(7-14-10)5-4-6-18(3)17/h7H,4-6H2,1-3H3,(H2,13,15). The third-order valence-corrected chi connectivity index (χ3v) is 3.96.